The van der Waals surface area contributed by atoms with Gasteiger partial charge in [-0.1, -0.05) is 24.6 Å². The largest absolute Gasteiger partial charge is 0.508 e. The third-order valence-electron chi connectivity index (χ3n) is 4.24. The van der Waals surface area contributed by atoms with Crippen molar-refractivity contribution in [2.24, 2.45) is 0 Å². The molecular formula is C17H22N4O2. The minimum Gasteiger partial charge on any atom is -0.508 e. The van der Waals surface area contributed by atoms with Gasteiger partial charge in [0.25, 0.3) is 0 Å². The second-order valence-corrected chi connectivity index (χ2v) is 5.90. The lowest BCUT2D eigenvalue weighted by Crippen LogP contribution is -2.25. The Morgan fingerprint density at radius 2 is 2.09 bits per heavy atom. The van der Waals surface area contributed by atoms with Gasteiger partial charge in [0.1, 0.15) is 11.6 Å². The molecule has 0 fully saturated rings. The standard InChI is InChI=1S/C17H22N4O2/c22-14-7-4-3-6-13(14)9-10-17(23)18-12-16-20-19-15-8-2-1-5-11-21(15)16/h3-4,6-7,22H,1-2,5,8-12H2,(H,18,23). The van der Waals surface area contributed by atoms with Crippen LogP contribution >= 0.6 is 0 Å². The van der Waals surface area contributed by atoms with Crippen LogP contribution in [0.2, 0.25) is 0 Å². The van der Waals surface area contributed by atoms with E-state index in [4.69, 9.17) is 0 Å². The number of aromatic nitrogens is 3. The van der Waals surface area contributed by atoms with Gasteiger partial charge in [-0.25, -0.2) is 0 Å². The predicted molar refractivity (Wildman–Crippen MR) is 85.9 cm³/mol. The second kappa shape index (κ2) is 7.26. The van der Waals surface area contributed by atoms with E-state index in [1.165, 1.54) is 6.42 Å². The normalized spacial score (nSPS) is 14.1. The molecule has 1 amide bonds. The van der Waals surface area contributed by atoms with Crippen LogP contribution in [-0.4, -0.2) is 25.8 Å². The second-order valence-electron chi connectivity index (χ2n) is 5.90. The molecule has 2 N–H and O–H groups in total. The van der Waals surface area contributed by atoms with Gasteiger partial charge in [0.05, 0.1) is 6.54 Å². The zero-order chi connectivity index (χ0) is 16.1. The van der Waals surface area contributed by atoms with Crippen LogP contribution in [0.25, 0.3) is 0 Å². The Morgan fingerprint density at radius 1 is 1.22 bits per heavy atom. The number of para-hydroxylation sites is 1. The van der Waals surface area contributed by atoms with Crippen molar-refractivity contribution < 1.29 is 9.90 Å². The summed E-state index contributed by atoms with van der Waals surface area (Å²) in [4.78, 5) is 12.0. The van der Waals surface area contributed by atoms with E-state index < -0.39 is 0 Å². The highest BCUT2D eigenvalue weighted by atomic mass is 16.3. The Kier molecular flexibility index (Phi) is 4.90. The molecule has 6 heteroatoms. The van der Waals surface area contributed by atoms with Gasteiger partial charge in [-0.05, 0) is 30.9 Å². The third-order valence-corrected chi connectivity index (χ3v) is 4.24. The molecule has 2 heterocycles. The molecule has 122 valence electrons. The lowest BCUT2D eigenvalue weighted by molar-refractivity contribution is -0.121. The van der Waals surface area contributed by atoms with Crippen LogP contribution in [0.5, 0.6) is 5.75 Å². The van der Waals surface area contributed by atoms with Crippen molar-refractivity contribution in [1.29, 1.82) is 0 Å². The summed E-state index contributed by atoms with van der Waals surface area (Å²) >= 11 is 0. The maximum Gasteiger partial charge on any atom is 0.220 e. The van der Waals surface area contributed by atoms with Crippen LogP contribution in [-0.2, 0) is 30.7 Å². The van der Waals surface area contributed by atoms with Crippen LogP contribution in [0, 0.1) is 0 Å². The average molecular weight is 314 g/mol. The van der Waals surface area contributed by atoms with Gasteiger partial charge in [0, 0.05) is 19.4 Å². The van der Waals surface area contributed by atoms with Gasteiger partial charge in [-0.15, -0.1) is 10.2 Å². The van der Waals surface area contributed by atoms with Crippen molar-refractivity contribution in [1.82, 2.24) is 20.1 Å². The van der Waals surface area contributed by atoms with Crippen molar-refractivity contribution in [2.45, 2.75) is 51.6 Å². The molecule has 0 atom stereocenters. The fraction of sp³-hybridized carbons (Fsp3) is 0.471. The van der Waals surface area contributed by atoms with Crippen LogP contribution in [0.1, 0.15) is 42.9 Å². The number of hydrogen-bond donors (Lipinski definition) is 2. The van der Waals surface area contributed by atoms with Crippen molar-refractivity contribution in [2.75, 3.05) is 0 Å². The monoisotopic (exact) mass is 314 g/mol. The Labute approximate surface area is 135 Å². The van der Waals surface area contributed by atoms with E-state index in [1.807, 2.05) is 12.1 Å². The van der Waals surface area contributed by atoms with Gasteiger partial charge in [0.2, 0.25) is 5.91 Å². The first-order valence-corrected chi connectivity index (χ1v) is 8.18. The fourth-order valence-electron chi connectivity index (χ4n) is 2.91. The maximum absolute atomic E-state index is 12.0. The molecule has 6 nitrogen and oxygen atoms in total. The highest BCUT2D eigenvalue weighted by Crippen LogP contribution is 2.17. The smallest absolute Gasteiger partial charge is 0.220 e. The lowest BCUT2D eigenvalue weighted by atomic mass is 10.1. The Hall–Kier alpha value is -2.37. The summed E-state index contributed by atoms with van der Waals surface area (Å²) in [6, 6.07) is 7.11. The molecule has 1 aliphatic heterocycles. The number of phenolic OH excluding ortho intramolecular Hbond substituents is 1. The minimum atomic E-state index is -0.0424. The molecule has 1 aliphatic rings. The Balaban J connectivity index is 1.51. The number of nitrogens with one attached hydrogen (secondary N) is 1. The summed E-state index contributed by atoms with van der Waals surface area (Å²) in [5, 5.41) is 21.0. The van der Waals surface area contributed by atoms with E-state index in [0.29, 0.717) is 19.4 Å². The predicted octanol–water partition coefficient (Wildman–Crippen LogP) is 1.96. The third kappa shape index (κ3) is 3.88. The molecule has 3 rings (SSSR count). The molecule has 0 unspecified atom stereocenters. The molecule has 0 radical (unpaired) electrons. The number of carbonyl (C=O) groups is 1. The maximum atomic E-state index is 12.0. The number of aryl methyl sites for hydroxylation is 2. The average Bonchev–Trinajstić information content (AvgIpc) is 2.78. The van der Waals surface area contributed by atoms with Crippen molar-refractivity contribution in [3.63, 3.8) is 0 Å². The van der Waals surface area contributed by atoms with E-state index in [0.717, 1.165) is 43.0 Å². The summed E-state index contributed by atoms with van der Waals surface area (Å²) in [6.07, 6.45) is 5.35. The van der Waals surface area contributed by atoms with Crippen molar-refractivity contribution >= 4 is 5.91 Å². The van der Waals surface area contributed by atoms with E-state index in [2.05, 4.69) is 20.1 Å². The Morgan fingerprint density at radius 3 is 2.96 bits per heavy atom. The molecule has 1 aromatic heterocycles. The quantitative estimate of drug-likeness (QED) is 0.884. The molecule has 1 aromatic carbocycles. The summed E-state index contributed by atoms with van der Waals surface area (Å²) in [5.74, 6) is 2.06. The zero-order valence-electron chi connectivity index (χ0n) is 13.2. The molecule has 0 aliphatic carbocycles. The summed E-state index contributed by atoms with van der Waals surface area (Å²) in [6.45, 7) is 1.35. The molecule has 0 saturated carbocycles. The highest BCUT2D eigenvalue weighted by Gasteiger charge is 2.15. The number of hydrogen-bond acceptors (Lipinski definition) is 4. The molecule has 0 saturated heterocycles. The van der Waals surface area contributed by atoms with E-state index >= 15 is 0 Å². The summed E-state index contributed by atoms with van der Waals surface area (Å²) < 4.78 is 2.14. The number of carbonyl (C=O) groups excluding carboxylic acids is 1. The van der Waals surface area contributed by atoms with Crippen molar-refractivity contribution in [3.05, 3.63) is 41.5 Å². The van der Waals surface area contributed by atoms with Gasteiger partial charge in [0.15, 0.2) is 5.82 Å². The number of nitrogens with zero attached hydrogens (tertiary/aromatic N) is 3. The van der Waals surface area contributed by atoms with Crippen molar-refractivity contribution in [3.8, 4) is 5.75 Å². The SMILES string of the molecule is O=C(CCc1ccccc1O)NCc1nnc2n1CCCCC2. The van der Waals surface area contributed by atoms with Crippen LogP contribution < -0.4 is 5.32 Å². The van der Waals surface area contributed by atoms with E-state index in [-0.39, 0.29) is 11.7 Å². The Bertz CT molecular complexity index is 681. The van der Waals surface area contributed by atoms with E-state index in [1.54, 1.807) is 12.1 Å². The minimum absolute atomic E-state index is 0.0424. The van der Waals surface area contributed by atoms with Gasteiger partial charge >= 0.3 is 0 Å². The van der Waals surface area contributed by atoms with Gasteiger partial charge < -0.3 is 15.0 Å². The fourth-order valence-corrected chi connectivity index (χ4v) is 2.91. The summed E-state index contributed by atoms with van der Waals surface area (Å²) in [7, 11) is 0. The first kappa shape index (κ1) is 15.5. The van der Waals surface area contributed by atoms with E-state index in [9.17, 15) is 9.90 Å². The molecular weight excluding hydrogens is 292 g/mol. The van der Waals surface area contributed by atoms with Crippen LogP contribution in [0.15, 0.2) is 24.3 Å². The summed E-state index contributed by atoms with van der Waals surface area (Å²) in [5.41, 5.74) is 0.791. The van der Waals surface area contributed by atoms with Gasteiger partial charge in [-0.3, -0.25) is 4.79 Å². The number of fused-ring (bicyclic) bond motifs is 1. The number of benzene rings is 1. The number of phenols is 1. The molecule has 2 aromatic rings. The molecule has 0 spiro atoms. The van der Waals surface area contributed by atoms with Crippen LogP contribution in [0.4, 0.5) is 0 Å². The molecule has 0 bridgehead atoms. The van der Waals surface area contributed by atoms with Gasteiger partial charge in [-0.2, -0.15) is 0 Å². The number of amides is 1. The first-order valence-electron chi connectivity index (χ1n) is 8.18. The first-order chi connectivity index (χ1) is 11.2. The lowest BCUT2D eigenvalue weighted by Gasteiger charge is -2.08. The zero-order valence-corrected chi connectivity index (χ0v) is 13.2. The number of rotatable bonds is 5. The highest BCUT2D eigenvalue weighted by molar-refractivity contribution is 5.76. The van der Waals surface area contributed by atoms with Crippen LogP contribution in [0.3, 0.4) is 0 Å². The number of aromatic hydroxyl groups is 1. The molecule has 23 heavy (non-hydrogen) atoms. The topological polar surface area (TPSA) is 80.0 Å².